The number of nitro groups is 1. The standard InChI is InChI=1S/C16H23NO2/c1-2-3-4-5-6-7-8-9-11-15-12-10-13-16(14-15)17(18)19/h9-14H,2-8H2,1H3. The van der Waals surface area contributed by atoms with Gasteiger partial charge in [-0.3, -0.25) is 10.1 Å². The summed E-state index contributed by atoms with van der Waals surface area (Å²) in [5, 5.41) is 10.6. The van der Waals surface area contributed by atoms with Crippen LogP contribution >= 0.6 is 0 Å². The predicted octanol–water partition coefficient (Wildman–Crippen LogP) is 5.36. The minimum Gasteiger partial charge on any atom is -0.258 e. The third kappa shape index (κ3) is 6.75. The number of hydrogen-bond donors (Lipinski definition) is 0. The quantitative estimate of drug-likeness (QED) is 0.341. The highest BCUT2D eigenvalue weighted by Crippen LogP contribution is 2.15. The fourth-order valence-electron chi connectivity index (χ4n) is 2.00. The molecule has 1 aromatic carbocycles. The average molecular weight is 261 g/mol. The average Bonchev–Trinajstić information content (AvgIpc) is 2.42. The van der Waals surface area contributed by atoms with Crippen LogP contribution in [-0.4, -0.2) is 4.92 Å². The molecule has 0 aliphatic rings. The summed E-state index contributed by atoms with van der Waals surface area (Å²) in [5.41, 5.74) is 1.06. The van der Waals surface area contributed by atoms with Gasteiger partial charge < -0.3 is 0 Å². The molecule has 0 saturated carbocycles. The minimum atomic E-state index is -0.356. The first-order chi connectivity index (χ1) is 9.24. The van der Waals surface area contributed by atoms with E-state index in [0.29, 0.717) is 0 Å². The summed E-state index contributed by atoms with van der Waals surface area (Å²) < 4.78 is 0. The molecule has 1 rings (SSSR count). The molecule has 0 atom stereocenters. The van der Waals surface area contributed by atoms with Crippen molar-refractivity contribution >= 4 is 11.8 Å². The van der Waals surface area contributed by atoms with E-state index in [9.17, 15) is 10.1 Å². The van der Waals surface area contributed by atoms with E-state index in [1.165, 1.54) is 44.6 Å². The highest BCUT2D eigenvalue weighted by atomic mass is 16.6. The van der Waals surface area contributed by atoms with E-state index in [0.717, 1.165) is 12.0 Å². The van der Waals surface area contributed by atoms with Crippen molar-refractivity contribution in [2.45, 2.75) is 51.9 Å². The maximum Gasteiger partial charge on any atom is 0.270 e. The van der Waals surface area contributed by atoms with E-state index < -0.39 is 0 Å². The highest BCUT2D eigenvalue weighted by Gasteiger charge is 2.03. The van der Waals surface area contributed by atoms with Crippen LogP contribution in [0, 0.1) is 10.1 Å². The first kappa shape index (κ1) is 15.4. The van der Waals surface area contributed by atoms with Gasteiger partial charge in [-0.2, -0.15) is 0 Å². The maximum atomic E-state index is 10.6. The molecule has 0 aliphatic heterocycles. The first-order valence-corrected chi connectivity index (χ1v) is 7.15. The lowest BCUT2D eigenvalue weighted by Crippen LogP contribution is -1.87. The van der Waals surface area contributed by atoms with E-state index in [1.54, 1.807) is 12.1 Å². The van der Waals surface area contributed by atoms with Gasteiger partial charge in [0.25, 0.3) is 5.69 Å². The van der Waals surface area contributed by atoms with Gasteiger partial charge in [0.2, 0.25) is 0 Å². The number of unbranched alkanes of at least 4 members (excludes halogenated alkanes) is 6. The van der Waals surface area contributed by atoms with Gasteiger partial charge in [0, 0.05) is 12.1 Å². The Balaban J connectivity index is 2.25. The van der Waals surface area contributed by atoms with E-state index in [4.69, 9.17) is 0 Å². The Morgan fingerprint density at radius 1 is 1.16 bits per heavy atom. The normalized spacial score (nSPS) is 11.0. The molecule has 1 aromatic rings. The summed E-state index contributed by atoms with van der Waals surface area (Å²) in [6, 6.07) is 6.75. The molecule has 0 aromatic heterocycles. The van der Waals surface area contributed by atoms with E-state index in [-0.39, 0.29) is 10.6 Å². The van der Waals surface area contributed by atoms with Gasteiger partial charge in [0.1, 0.15) is 0 Å². The van der Waals surface area contributed by atoms with Crippen LogP contribution in [0.4, 0.5) is 5.69 Å². The molecule has 0 saturated heterocycles. The molecule has 19 heavy (non-hydrogen) atoms. The van der Waals surface area contributed by atoms with Gasteiger partial charge in [0.15, 0.2) is 0 Å². The molecule has 3 heteroatoms. The monoisotopic (exact) mass is 261 g/mol. The third-order valence-corrected chi connectivity index (χ3v) is 3.12. The van der Waals surface area contributed by atoms with E-state index >= 15 is 0 Å². The van der Waals surface area contributed by atoms with Crippen molar-refractivity contribution in [3.05, 3.63) is 46.0 Å². The Morgan fingerprint density at radius 3 is 2.63 bits per heavy atom. The van der Waals surface area contributed by atoms with E-state index in [2.05, 4.69) is 13.0 Å². The van der Waals surface area contributed by atoms with Gasteiger partial charge in [-0.25, -0.2) is 0 Å². The smallest absolute Gasteiger partial charge is 0.258 e. The number of nitrogens with zero attached hydrogens (tertiary/aromatic N) is 1. The zero-order valence-electron chi connectivity index (χ0n) is 11.7. The highest BCUT2D eigenvalue weighted by molar-refractivity contribution is 5.53. The summed E-state index contributed by atoms with van der Waals surface area (Å²) in [7, 11) is 0. The third-order valence-electron chi connectivity index (χ3n) is 3.12. The minimum absolute atomic E-state index is 0.154. The van der Waals surface area contributed by atoms with E-state index in [1.807, 2.05) is 12.1 Å². The Morgan fingerprint density at radius 2 is 1.89 bits per heavy atom. The molecule has 0 amide bonds. The molecule has 0 spiro atoms. The van der Waals surface area contributed by atoms with Crippen molar-refractivity contribution in [3.8, 4) is 0 Å². The molecular weight excluding hydrogens is 238 g/mol. The Bertz CT molecular complexity index is 413. The SMILES string of the molecule is CCCCCCCCC=Cc1cccc([N+](=O)[O-])c1. The molecule has 0 aliphatic carbocycles. The fourth-order valence-corrected chi connectivity index (χ4v) is 2.00. The molecule has 0 fully saturated rings. The lowest BCUT2D eigenvalue weighted by atomic mass is 10.1. The summed E-state index contributed by atoms with van der Waals surface area (Å²) in [5.74, 6) is 0. The number of non-ortho nitro benzene ring substituents is 1. The van der Waals surface area contributed by atoms with Crippen LogP contribution in [0.3, 0.4) is 0 Å². The molecule has 0 bridgehead atoms. The summed E-state index contributed by atoms with van der Waals surface area (Å²) >= 11 is 0. The second-order valence-corrected chi connectivity index (χ2v) is 4.81. The second kappa shape index (κ2) is 9.31. The van der Waals surface area contributed by atoms with Crippen molar-refractivity contribution < 1.29 is 4.92 Å². The molecule has 0 N–H and O–H groups in total. The number of nitro benzene ring substituents is 1. The van der Waals surface area contributed by atoms with Crippen LogP contribution in [0.15, 0.2) is 30.3 Å². The molecule has 104 valence electrons. The Hall–Kier alpha value is -1.64. The Labute approximate surface area is 115 Å². The second-order valence-electron chi connectivity index (χ2n) is 4.81. The number of hydrogen-bond acceptors (Lipinski definition) is 2. The molecule has 0 heterocycles. The van der Waals surface area contributed by atoms with Gasteiger partial charge in [-0.1, -0.05) is 63.3 Å². The maximum absolute atomic E-state index is 10.6. The first-order valence-electron chi connectivity index (χ1n) is 7.15. The zero-order valence-corrected chi connectivity index (χ0v) is 11.7. The van der Waals surface area contributed by atoms with Crippen LogP contribution in [0.5, 0.6) is 0 Å². The summed E-state index contributed by atoms with van der Waals surface area (Å²) in [4.78, 5) is 10.3. The molecular formula is C16H23NO2. The number of rotatable bonds is 9. The summed E-state index contributed by atoms with van der Waals surface area (Å²) in [6.07, 6.45) is 12.9. The van der Waals surface area contributed by atoms with Crippen molar-refractivity contribution in [2.24, 2.45) is 0 Å². The van der Waals surface area contributed by atoms with Crippen molar-refractivity contribution in [1.29, 1.82) is 0 Å². The van der Waals surface area contributed by atoms with Crippen molar-refractivity contribution in [3.63, 3.8) is 0 Å². The Kier molecular flexibility index (Phi) is 7.56. The lowest BCUT2D eigenvalue weighted by molar-refractivity contribution is -0.384. The molecule has 0 unspecified atom stereocenters. The lowest BCUT2D eigenvalue weighted by Gasteiger charge is -1.98. The number of allylic oxidation sites excluding steroid dienone is 1. The van der Waals surface area contributed by atoms with Crippen molar-refractivity contribution in [1.82, 2.24) is 0 Å². The fraction of sp³-hybridized carbons (Fsp3) is 0.500. The van der Waals surface area contributed by atoms with Gasteiger partial charge in [0.05, 0.1) is 4.92 Å². The van der Waals surface area contributed by atoms with Crippen LogP contribution in [0.1, 0.15) is 57.4 Å². The molecule has 3 nitrogen and oxygen atoms in total. The van der Waals surface area contributed by atoms with Crippen LogP contribution in [-0.2, 0) is 0 Å². The van der Waals surface area contributed by atoms with Crippen LogP contribution in [0.2, 0.25) is 0 Å². The van der Waals surface area contributed by atoms with Gasteiger partial charge in [-0.05, 0) is 18.4 Å². The van der Waals surface area contributed by atoms with Crippen LogP contribution in [0.25, 0.3) is 6.08 Å². The topological polar surface area (TPSA) is 43.1 Å². The van der Waals surface area contributed by atoms with Crippen LogP contribution < -0.4 is 0 Å². The van der Waals surface area contributed by atoms with Crippen molar-refractivity contribution in [2.75, 3.05) is 0 Å². The zero-order chi connectivity index (χ0) is 13.9. The number of benzene rings is 1. The largest absolute Gasteiger partial charge is 0.270 e. The predicted molar refractivity (Wildman–Crippen MR) is 80.1 cm³/mol. The summed E-state index contributed by atoms with van der Waals surface area (Å²) in [6.45, 7) is 2.22. The molecule has 0 radical (unpaired) electrons. The van der Waals surface area contributed by atoms with Gasteiger partial charge >= 0.3 is 0 Å². The van der Waals surface area contributed by atoms with Gasteiger partial charge in [-0.15, -0.1) is 0 Å².